The van der Waals surface area contributed by atoms with E-state index in [9.17, 15) is 9.59 Å². The van der Waals surface area contributed by atoms with Gasteiger partial charge in [0, 0.05) is 19.0 Å². The monoisotopic (exact) mass is 340 g/mol. The van der Waals surface area contributed by atoms with E-state index in [1.165, 1.54) is 5.56 Å². The minimum Gasteiger partial charge on any atom is -0.354 e. The number of aryl methyl sites for hydroxylation is 3. The predicted octanol–water partition coefficient (Wildman–Crippen LogP) is 2.07. The van der Waals surface area contributed by atoms with Gasteiger partial charge in [-0.05, 0) is 32.3 Å². The van der Waals surface area contributed by atoms with Gasteiger partial charge in [-0.3, -0.25) is 14.5 Å². The highest BCUT2D eigenvalue weighted by Gasteiger charge is 2.32. The zero-order chi connectivity index (χ0) is 17.8. The first-order valence-electron chi connectivity index (χ1n) is 8.74. The number of aromatic nitrogens is 2. The van der Waals surface area contributed by atoms with Crippen molar-refractivity contribution < 1.29 is 9.59 Å². The Morgan fingerprint density at radius 2 is 2.08 bits per heavy atom. The topological polar surface area (TPSA) is 67.2 Å². The summed E-state index contributed by atoms with van der Waals surface area (Å²) >= 11 is 0. The van der Waals surface area contributed by atoms with E-state index < -0.39 is 6.04 Å². The number of fused-ring (bicyclic) bond motifs is 1. The number of carbonyl (C=O) groups is 2. The van der Waals surface area contributed by atoms with Gasteiger partial charge in [0.15, 0.2) is 0 Å². The van der Waals surface area contributed by atoms with Crippen LogP contribution in [0.2, 0.25) is 0 Å². The standard InChI is InChI=1S/C19H24N4O2/c1-14-13-17-22(21-14)12-10-18(24)23(17)15(2)19(25)20-11-6-9-16-7-4-3-5-8-16/h3-5,7-8,13,15H,6,9-12H2,1-2H3,(H,20,25)/t15-/m1/s1. The third kappa shape index (κ3) is 3.90. The van der Waals surface area contributed by atoms with Crippen molar-refractivity contribution >= 4 is 17.6 Å². The van der Waals surface area contributed by atoms with Gasteiger partial charge in [0.05, 0.1) is 12.2 Å². The van der Waals surface area contributed by atoms with Crippen LogP contribution in [0.4, 0.5) is 5.82 Å². The van der Waals surface area contributed by atoms with E-state index in [2.05, 4.69) is 22.5 Å². The molecule has 1 aliphatic heterocycles. The van der Waals surface area contributed by atoms with Crippen LogP contribution in [0.5, 0.6) is 0 Å². The number of hydrogen-bond acceptors (Lipinski definition) is 3. The van der Waals surface area contributed by atoms with Crippen LogP contribution in [0, 0.1) is 6.92 Å². The number of carbonyl (C=O) groups excluding carboxylic acids is 2. The van der Waals surface area contributed by atoms with Gasteiger partial charge < -0.3 is 5.32 Å². The van der Waals surface area contributed by atoms with Crippen LogP contribution in [0.3, 0.4) is 0 Å². The number of benzene rings is 1. The maximum Gasteiger partial charge on any atom is 0.242 e. The zero-order valence-electron chi connectivity index (χ0n) is 14.7. The average Bonchev–Trinajstić information content (AvgIpc) is 2.99. The van der Waals surface area contributed by atoms with Crippen LogP contribution in [0.1, 0.15) is 31.0 Å². The first-order valence-corrected chi connectivity index (χ1v) is 8.74. The van der Waals surface area contributed by atoms with Crippen molar-refractivity contribution in [1.29, 1.82) is 0 Å². The predicted molar refractivity (Wildman–Crippen MR) is 96.3 cm³/mol. The number of anilines is 1. The lowest BCUT2D eigenvalue weighted by atomic mass is 10.1. The number of nitrogens with one attached hydrogen (secondary N) is 1. The van der Waals surface area contributed by atoms with E-state index in [0.717, 1.165) is 18.5 Å². The van der Waals surface area contributed by atoms with Gasteiger partial charge in [-0.1, -0.05) is 30.3 Å². The van der Waals surface area contributed by atoms with Crippen LogP contribution >= 0.6 is 0 Å². The number of hydrogen-bond donors (Lipinski definition) is 1. The van der Waals surface area contributed by atoms with Gasteiger partial charge in [0.25, 0.3) is 0 Å². The fourth-order valence-electron chi connectivity index (χ4n) is 3.17. The minimum absolute atomic E-state index is 0.0284. The molecule has 0 spiro atoms. The van der Waals surface area contributed by atoms with Crippen molar-refractivity contribution in [2.24, 2.45) is 0 Å². The third-order valence-electron chi connectivity index (χ3n) is 4.48. The highest BCUT2D eigenvalue weighted by molar-refractivity contribution is 6.00. The summed E-state index contributed by atoms with van der Waals surface area (Å²) in [7, 11) is 0. The summed E-state index contributed by atoms with van der Waals surface area (Å²) in [6.45, 7) is 4.83. The Balaban J connectivity index is 1.56. The van der Waals surface area contributed by atoms with Crippen molar-refractivity contribution in [3.05, 3.63) is 47.7 Å². The lowest BCUT2D eigenvalue weighted by Gasteiger charge is -2.31. The molecule has 1 aromatic carbocycles. The van der Waals surface area contributed by atoms with Gasteiger partial charge in [0.2, 0.25) is 11.8 Å². The van der Waals surface area contributed by atoms with E-state index in [-0.39, 0.29) is 11.8 Å². The molecular weight excluding hydrogens is 316 g/mol. The Bertz CT molecular complexity index is 754. The molecule has 6 nitrogen and oxygen atoms in total. The molecule has 0 fully saturated rings. The smallest absolute Gasteiger partial charge is 0.242 e. The normalized spacial score (nSPS) is 15.0. The SMILES string of the molecule is Cc1cc2n(n1)CCC(=O)N2[C@H](C)C(=O)NCCCc1ccccc1. The Kier molecular flexibility index (Phi) is 5.16. The summed E-state index contributed by atoms with van der Waals surface area (Å²) in [5.41, 5.74) is 2.11. The van der Waals surface area contributed by atoms with Crippen LogP contribution in [0.25, 0.3) is 0 Å². The number of amides is 2. The highest BCUT2D eigenvalue weighted by atomic mass is 16.2. The highest BCUT2D eigenvalue weighted by Crippen LogP contribution is 2.24. The van der Waals surface area contributed by atoms with Crippen molar-refractivity contribution in [1.82, 2.24) is 15.1 Å². The van der Waals surface area contributed by atoms with Gasteiger partial charge in [0.1, 0.15) is 11.9 Å². The van der Waals surface area contributed by atoms with Gasteiger partial charge in [-0.15, -0.1) is 0 Å². The van der Waals surface area contributed by atoms with Crippen LogP contribution in [-0.4, -0.2) is 34.2 Å². The van der Waals surface area contributed by atoms with Crippen molar-refractivity contribution in [3.63, 3.8) is 0 Å². The molecule has 1 atom stereocenters. The summed E-state index contributed by atoms with van der Waals surface area (Å²) in [4.78, 5) is 26.4. The van der Waals surface area contributed by atoms with E-state index >= 15 is 0 Å². The number of nitrogens with zero attached hydrogens (tertiary/aromatic N) is 3. The Hall–Kier alpha value is -2.63. The summed E-state index contributed by atoms with van der Waals surface area (Å²) in [6, 6.07) is 11.5. The molecule has 0 radical (unpaired) electrons. The maximum absolute atomic E-state index is 12.5. The molecule has 2 heterocycles. The minimum atomic E-state index is -0.542. The fourth-order valence-corrected chi connectivity index (χ4v) is 3.17. The molecular formula is C19H24N4O2. The molecule has 0 saturated carbocycles. The molecule has 0 bridgehead atoms. The second-order valence-electron chi connectivity index (χ2n) is 6.44. The largest absolute Gasteiger partial charge is 0.354 e. The summed E-state index contributed by atoms with van der Waals surface area (Å²) in [5.74, 6) is 0.550. The molecule has 6 heteroatoms. The lowest BCUT2D eigenvalue weighted by Crippen LogP contribution is -2.51. The van der Waals surface area contributed by atoms with Crippen LogP contribution in [-0.2, 0) is 22.6 Å². The zero-order valence-corrected chi connectivity index (χ0v) is 14.7. The molecule has 1 aliphatic rings. The third-order valence-corrected chi connectivity index (χ3v) is 4.48. The first kappa shape index (κ1) is 17.2. The average molecular weight is 340 g/mol. The molecule has 132 valence electrons. The van der Waals surface area contributed by atoms with Gasteiger partial charge in [-0.25, -0.2) is 4.68 Å². The molecule has 2 aromatic rings. The van der Waals surface area contributed by atoms with E-state index in [4.69, 9.17) is 0 Å². The summed E-state index contributed by atoms with van der Waals surface area (Å²) < 4.78 is 1.80. The maximum atomic E-state index is 12.5. The molecule has 3 rings (SSSR count). The molecule has 2 amide bonds. The van der Waals surface area contributed by atoms with Crippen molar-refractivity contribution in [2.45, 2.75) is 45.7 Å². The Labute approximate surface area is 147 Å². The van der Waals surface area contributed by atoms with E-state index in [0.29, 0.717) is 25.3 Å². The molecule has 0 unspecified atom stereocenters. The second kappa shape index (κ2) is 7.51. The fraction of sp³-hybridized carbons (Fsp3) is 0.421. The molecule has 0 aliphatic carbocycles. The van der Waals surface area contributed by atoms with Gasteiger partial charge in [-0.2, -0.15) is 5.10 Å². The first-order chi connectivity index (χ1) is 12.1. The van der Waals surface area contributed by atoms with Crippen LogP contribution < -0.4 is 10.2 Å². The lowest BCUT2D eigenvalue weighted by molar-refractivity contribution is -0.126. The van der Waals surface area contributed by atoms with Gasteiger partial charge >= 0.3 is 0 Å². The Morgan fingerprint density at radius 1 is 1.32 bits per heavy atom. The van der Waals surface area contributed by atoms with E-state index in [1.807, 2.05) is 31.2 Å². The molecule has 25 heavy (non-hydrogen) atoms. The van der Waals surface area contributed by atoms with Crippen molar-refractivity contribution in [2.75, 3.05) is 11.4 Å². The Morgan fingerprint density at radius 3 is 2.84 bits per heavy atom. The quantitative estimate of drug-likeness (QED) is 0.819. The molecule has 0 saturated heterocycles. The van der Waals surface area contributed by atoms with Crippen LogP contribution in [0.15, 0.2) is 36.4 Å². The van der Waals surface area contributed by atoms with E-state index in [1.54, 1.807) is 16.5 Å². The van der Waals surface area contributed by atoms with Crippen molar-refractivity contribution in [3.8, 4) is 0 Å². The summed E-state index contributed by atoms with van der Waals surface area (Å²) in [6.07, 6.45) is 2.16. The number of rotatable bonds is 6. The molecule has 1 aromatic heterocycles. The second-order valence-corrected chi connectivity index (χ2v) is 6.44. The summed E-state index contributed by atoms with van der Waals surface area (Å²) in [5, 5.41) is 7.32. The molecule has 1 N–H and O–H groups in total.